The molecule has 0 aromatic rings. The molecule has 3 atom stereocenters. The monoisotopic (exact) mass is 164 g/mol. The normalized spacial score (nSPS) is 19.0. The third-order valence-electron chi connectivity index (χ3n) is 1.32. The molecule has 5 heteroatoms. The summed E-state index contributed by atoms with van der Waals surface area (Å²) in [7, 11) is 0. The molecule has 0 aliphatic heterocycles. The Morgan fingerprint density at radius 3 is 2.09 bits per heavy atom. The molecule has 0 aromatic carbocycles. The van der Waals surface area contributed by atoms with Crippen molar-refractivity contribution in [3.8, 4) is 0 Å². The highest BCUT2D eigenvalue weighted by Gasteiger charge is 2.26. The first-order valence-electron chi connectivity index (χ1n) is 3.16. The fourth-order valence-corrected chi connectivity index (χ4v) is 0.559. The van der Waals surface area contributed by atoms with E-state index in [0.717, 1.165) is 6.92 Å². The van der Waals surface area contributed by atoms with Crippen molar-refractivity contribution in [1.29, 1.82) is 0 Å². The van der Waals surface area contributed by atoms with Crippen LogP contribution in [0.5, 0.6) is 0 Å². The molecule has 5 nitrogen and oxygen atoms in total. The second kappa shape index (κ2) is 4.40. The molecule has 0 saturated heterocycles. The fraction of sp³-hybridized carbons (Fsp3) is 0.833. The first-order chi connectivity index (χ1) is 5.00. The van der Waals surface area contributed by atoms with Crippen molar-refractivity contribution in [2.45, 2.75) is 25.2 Å². The van der Waals surface area contributed by atoms with E-state index in [0.29, 0.717) is 0 Å². The maximum Gasteiger partial charge on any atom is 0.160 e. The summed E-state index contributed by atoms with van der Waals surface area (Å²) < 4.78 is 0. The lowest BCUT2D eigenvalue weighted by Gasteiger charge is -2.18. The zero-order valence-electron chi connectivity index (χ0n) is 6.14. The number of aliphatic hydroxyl groups excluding tert-OH is 4. The van der Waals surface area contributed by atoms with Gasteiger partial charge in [0.25, 0.3) is 0 Å². The van der Waals surface area contributed by atoms with Gasteiger partial charge in [0.1, 0.15) is 18.3 Å². The number of ketones is 1. The van der Waals surface area contributed by atoms with Gasteiger partial charge < -0.3 is 20.4 Å². The Morgan fingerprint density at radius 1 is 1.36 bits per heavy atom. The van der Waals surface area contributed by atoms with Crippen molar-refractivity contribution >= 4 is 5.78 Å². The second-order valence-electron chi connectivity index (χ2n) is 2.30. The minimum atomic E-state index is -1.63. The van der Waals surface area contributed by atoms with E-state index < -0.39 is 30.7 Å². The Hall–Kier alpha value is -0.490. The van der Waals surface area contributed by atoms with Crippen LogP contribution in [0.2, 0.25) is 0 Å². The lowest BCUT2D eigenvalue weighted by Crippen LogP contribution is -2.42. The van der Waals surface area contributed by atoms with Crippen molar-refractivity contribution in [3.63, 3.8) is 0 Å². The molecular formula is C6H12O5. The summed E-state index contributed by atoms with van der Waals surface area (Å²) in [4.78, 5) is 10.4. The first kappa shape index (κ1) is 10.5. The number of hydrogen-bond donors (Lipinski definition) is 4. The van der Waals surface area contributed by atoms with Crippen LogP contribution >= 0.6 is 0 Å². The van der Waals surface area contributed by atoms with Crippen LogP contribution in [0.4, 0.5) is 0 Å². The third-order valence-corrected chi connectivity index (χ3v) is 1.32. The molecule has 11 heavy (non-hydrogen) atoms. The Morgan fingerprint density at radius 2 is 1.82 bits per heavy atom. The van der Waals surface area contributed by atoms with Gasteiger partial charge in [-0.2, -0.15) is 0 Å². The molecule has 0 aliphatic carbocycles. The van der Waals surface area contributed by atoms with Gasteiger partial charge in [0.2, 0.25) is 0 Å². The summed E-state index contributed by atoms with van der Waals surface area (Å²) in [6, 6.07) is 0. The van der Waals surface area contributed by atoms with Gasteiger partial charge in [-0.3, -0.25) is 4.79 Å². The molecule has 0 amide bonds. The number of rotatable bonds is 4. The Kier molecular flexibility index (Phi) is 4.20. The van der Waals surface area contributed by atoms with E-state index >= 15 is 0 Å². The van der Waals surface area contributed by atoms with E-state index in [9.17, 15) is 4.79 Å². The molecule has 0 radical (unpaired) electrons. The summed E-state index contributed by atoms with van der Waals surface area (Å²) in [6.07, 6.45) is -4.72. The quantitative estimate of drug-likeness (QED) is 0.373. The highest BCUT2D eigenvalue weighted by atomic mass is 16.4. The van der Waals surface area contributed by atoms with Gasteiger partial charge in [-0.25, -0.2) is 0 Å². The smallest absolute Gasteiger partial charge is 0.160 e. The number of aliphatic hydroxyl groups is 4. The number of Topliss-reactive ketones (excluding diaryl/α,β-unsaturated/α-hetero) is 1. The average molecular weight is 164 g/mol. The molecule has 0 rings (SSSR count). The molecule has 4 N–H and O–H groups in total. The summed E-state index contributed by atoms with van der Waals surface area (Å²) in [5, 5.41) is 34.7. The molecule has 0 aromatic heterocycles. The standard InChI is InChI=1S/C6H12O5/c1-3(8)5(10)6(11)4(9)2-7/h4-7,9-11H,2H2,1H3/t4-,5+,6+/m1/s1. The van der Waals surface area contributed by atoms with E-state index in [4.69, 9.17) is 20.4 Å². The van der Waals surface area contributed by atoms with Crippen LogP contribution in [0.25, 0.3) is 0 Å². The Labute approximate surface area is 63.9 Å². The maximum absolute atomic E-state index is 10.4. The fourth-order valence-electron chi connectivity index (χ4n) is 0.559. The van der Waals surface area contributed by atoms with Crippen molar-refractivity contribution in [3.05, 3.63) is 0 Å². The molecular weight excluding hydrogens is 152 g/mol. The van der Waals surface area contributed by atoms with Gasteiger partial charge in [0.05, 0.1) is 6.61 Å². The van der Waals surface area contributed by atoms with Gasteiger partial charge in [-0.15, -0.1) is 0 Å². The summed E-state index contributed by atoms with van der Waals surface area (Å²) in [5.41, 5.74) is 0. The van der Waals surface area contributed by atoms with Gasteiger partial charge in [-0.05, 0) is 6.92 Å². The van der Waals surface area contributed by atoms with Crippen LogP contribution in [0, 0.1) is 0 Å². The van der Waals surface area contributed by atoms with Crippen LogP contribution in [0.1, 0.15) is 6.92 Å². The van der Waals surface area contributed by atoms with Crippen LogP contribution in [0.3, 0.4) is 0 Å². The average Bonchev–Trinajstić information content (AvgIpc) is 2.00. The van der Waals surface area contributed by atoms with E-state index in [2.05, 4.69) is 0 Å². The first-order valence-corrected chi connectivity index (χ1v) is 3.16. The van der Waals surface area contributed by atoms with Crippen LogP contribution in [0.15, 0.2) is 0 Å². The van der Waals surface area contributed by atoms with E-state index in [-0.39, 0.29) is 0 Å². The topological polar surface area (TPSA) is 98.0 Å². The van der Waals surface area contributed by atoms with Gasteiger partial charge in [0.15, 0.2) is 5.78 Å². The second-order valence-corrected chi connectivity index (χ2v) is 2.30. The SMILES string of the molecule is CC(=O)[C@H](O)[C@@H](O)[C@H](O)CO. The summed E-state index contributed by atoms with van der Waals surface area (Å²) in [6.45, 7) is 0.392. The minimum absolute atomic E-state index is 0.648. The van der Waals surface area contributed by atoms with Crippen LogP contribution in [-0.4, -0.2) is 51.1 Å². The highest BCUT2D eigenvalue weighted by molar-refractivity contribution is 5.80. The molecule has 0 bridgehead atoms. The van der Waals surface area contributed by atoms with E-state index in [1.807, 2.05) is 0 Å². The van der Waals surface area contributed by atoms with Gasteiger partial charge >= 0.3 is 0 Å². The molecule has 0 fully saturated rings. The molecule has 66 valence electrons. The van der Waals surface area contributed by atoms with Crippen molar-refractivity contribution in [2.24, 2.45) is 0 Å². The van der Waals surface area contributed by atoms with Crippen LogP contribution in [-0.2, 0) is 4.79 Å². The van der Waals surface area contributed by atoms with Crippen molar-refractivity contribution in [1.82, 2.24) is 0 Å². The molecule has 0 spiro atoms. The summed E-state index contributed by atoms with van der Waals surface area (Å²) >= 11 is 0. The maximum atomic E-state index is 10.4. The summed E-state index contributed by atoms with van der Waals surface area (Å²) in [5.74, 6) is -0.648. The van der Waals surface area contributed by atoms with Gasteiger partial charge in [-0.1, -0.05) is 0 Å². The number of hydrogen-bond acceptors (Lipinski definition) is 5. The third kappa shape index (κ3) is 2.94. The predicted octanol–water partition coefficient (Wildman–Crippen LogP) is -2.35. The predicted molar refractivity (Wildman–Crippen MR) is 35.8 cm³/mol. The minimum Gasteiger partial charge on any atom is -0.394 e. The molecule has 0 unspecified atom stereocenters. The van der Waals surface area contributed by atoms with E-state index in [1.54, 1.807) is 0 Å². The molecule has 0 aliphatic rings. The van der Waals surface area contributed by atoms with E-state index in [1.165, 1.54) is 0 Å². The van der Waals surface area contributed by atoms with Crippen molar-refractivity contribution < 1.29 is 25.2 Å². The highest BCUT2D eigenvalue weighted by Crippen LogP contribution is 2.00. The Balaban J connectivity index is 4.00. The number of carbonyl (C=O) groups excluding carboxylic acids is 1. The van der Waals surface area contributed by atoms with Crippen LogP contribution < -0.4 is 0 Å². The molecule has 0 heterocycles. The van der Waals surface area contributed by atoms with Gasteiger partial charge in [0, 0.05) is 0 Å². The zero-order chi connectivity index (χ0) is 9.02. The zero-order valence-corrected chi connectivity index (χ0v) is 6.14. The number of carbonyl (C=O) groups is 1. The molecule has 0 saturated carbocycles. The largest absolute Gasteiger partial charge is 0.394 e. The lowest BCUT2D eigenvalue weighted by atomic mass is 10.1. The lowest BCUT2D eigenvalue weighted by molar-refractivity contribution is -0.137. The Bertz CT molecular complexity index is 135. The van der Waals surface area contributed by atoms with Crippen molar-refractivity contribution in [2.75, 3.05) is 6.61 Å².